The molecule has 0 spiro atoms. The van der Waals surface area contributed by atoms with E-state index in [0.29, 0.717) is 0 Å². The first-order valence-corrected chi connectivity index (χ1v) is 5.78. The van der Waals surface area contributed by atoms with Gasteiger partial charge in [-0.05, 0) is 24.6 Å². The molecule has 4 nitrogen and oxygen atoms in total. The van der Waals surface area contributed by atoms with Crippen molar-refractivity contribution in [1.82, 2.24) is 0 Å². The lowest BCUT2D eigenvalue weighted by molar-refractivity contribution is -0.274. The van der Waals surface area contributed by atoms with Crippen LogP contribution in [0.4, 0.5) is 13.2 Å². The zero-order chi connectivity index (χ0) is 15.3. The lowest BCUT2D eigenvalue weighted by atomic mass is 10.1. The SMILES string of the molecule is CCOC(=O)Cc1cc(Cl)c(OC(F)(F)F)c(C#N)c1. The third-order valence-corrected chi connectivity index (χ3v) is 2.38. The zero-order valence-electron chi connectivity index (χ0n) is 10.3. The Hall–Kier alpha value is -1.94. The molecule has 0 aliphatic heterocycles. The zero-order valence-corrected chi connectivity index (χ0v) is 11.0. The maximum Gasteiger partial charge on any atom is 0.573 e. The minimum atomic E-state index is -4.96. The summed E-state index contributed by atoms with van der Waals surface area (Å²) >= 11 is 5.65. The summed E-state index contributed by atoms with van der Waals surface area (Å²) in [7, 11) is 0. The fourth-order valence-corrected chi connectivity index (χ4v) is 1.71. The number of esters is 1. The van der Waals surface area contributed by atoms with E-state index in [4.69, 9.17) is 21.6 Å². The highest BCUT2D eigenvalue weighted by Gasteiger charge is 2.33. The van der Waals surface area contributed by atoms with Crippen LogP contribution in [0.1, 0.15) is 18.1 Å². The summed E-state index contributed by atoms with van der Waals surface area (Å²) in [5, 5.41) is 8.43. The third-order valence-electron chi connectivity index (χ3n) is 2.10. The summed E-state index contributed by atoms with van der Waals surface area (Å²) < 4.78 is 44.9. The lowest BCUT2D eigenvalue weighted by Gasteiger charge is -2.13. The van der Waals surface area contributed by atoms with Gasteiger partial charge in [-0.2, -0.15) is 5.26 Å². The van der Waals surface area contributed by atoms with Gasteiger partial charge in [0.15, 0.2) is 5.75 Å². The first-order chi connectivity index (χ1) is 9.26. The van der Waals surface area contributed by atoms with Crippen molar-refractivity contribution >= 4 is 17.6 Å². The van der Waals surface area contributed by atoms with Crippen molar-refractivity contribution in [2.24, 2.45) is 0 Å². The molecule has 0 atom stereocenters. The molecular weight excluding hydrogens is 299 g/mol. The summed E-state index contributed by atoms with van der Waals surface area (Å²) in [5.41, 5.74) is -0.145. The van der Waals surface area contributed by atoms with Gasteiger partial charge in [0.05, 0.1) is 23.6 Å². The number of hydrogen-bond acceptors (Lipinski definition) is 4. The molecule has 0 saturated carbocycles. The molecule has 0 amide bonds. The van der Waals surface area contributed by atoms with E-state index in [-0.39, 0.29) is 18.6 Å². The molecule has 0 saturated heterocycles. The Morgan fingerprint density at radius 3 is 2.60 bits per heavy atom. The second-order valence-electron chi connectivity index (χ2n) is 3.60. The van der Waals surface area contributed by atoms with Gasteiger partial charge in [0.1, 0.15) is 6.07 Å². The molecule has 0 aliphatic rings. The quantitative estimate of drug-likeness (QED) is 0.801. The molecule has 8 heteroatoms. The molecule has 0 aliphatic carbocycles. The van der Waals surface area contributed by atoms with Crippen LogP contribution in [-0.2, 0) is 16.0 Å². The Labute approximate surface area is 117 Å². The number of benzene rings is 1. The Balaban J connectivity index is 3.08. The highest BCUT2D eigenvalue weighted by Crippen LogP contribution is 2.34. The van der Waals surface area contributed by atoms with Crippen LogP contribution in [0.25, 0.3) is 0 Å². The van der Waals surface area contributed by atoms with Crippen LogP contribution >= 0.6 is 11.6 Å². The average Bonchev–Trinajstić information content (AvgIpc) is 2.31. The van der Waals surface area contributed by atoms with Gasteiger partial charge < -0.3 is 9.47 Å². The Morgan fingerprint density at radius 1 is 1.45 bits per heavy atom. The number of rotatable bonds is 4. The van der Waals surface area contributed by atoms with Gasteiger partial charge in [-0.15, -0.1) is 13.2 Å². The van der Waals surface area contributed by atoms with E-state index in [1.54, 1.807) is 13.0 Å². The number of nitrogens with zero attached hydrogens (tertiary/aromatic N) is 1. The van der Waals surface area contributed by atoms with Crippen molar-refractivity contribution < 1.29 is 27.4 Å². The predicted molar refractivity (Wildman–Crippen MR) is 63.2 cm³/mol. The maximum atomic E-state index is 12.2. The molecule has 108 valence electrons. The van der Waals surface area contributed by atoms with Crippen LogP contribution in [0.5, 0.6) is 5.75 Å². The summed E-state index contributed by atoms with van der Waals surface area (Å²) in [4.78, 5) is 11.3. The molecule has 0 fully saturated rings. The standard InChI is InChI=1S/C12H9ClF3NO3/c1-2-19-10(18)5-7-3-8(6-17)11(9(13)4-7)20-12(14,15)16/h3-4H,2,5H2,1H3. The van der Waals surface area contributed by atoms with E-state index < -0.39 is 28.7 Å². The first kappa shape index (κ1) is 16.1. The minimum absolute atomic E-state index is 0.174. The topological polar surface area (TPSA) is 59.3 Å². The Bertz CT molecular complexity index is 552. The van der Waals surface area contributed by atoms with Gasteiger partial charge >= 0.3 is 12.3 Å². The van der Waals surface area contributed by atoms with Crippen molar-refractivity contribution in [3.63, 3.8) is 0 Å². The molecule has 1 rings (SSSR count). The van der Waals surface area contributed by atoms with Crippen LogP contribution in [-0.4, -0.2) is 18.9 Å². The number of carbonyl (C=O) groups excluding carboxylic acids is 1. The van der Waals surface area contributed by atoms with Crippen LogP contribution in [0.2, 0.25) is 5.02 Å². The molecule has 20 heavy (non-hydrogen) atoms. The van der Waals surface area contributed by atoms with Gasteiger partial charge in [0.2, 0.25) is 0 Å². The fraction of sp³-hybridized carbons (Fsp3) is 0.333. The summed E-state index contributed by atoms with van der Waals surface area (Å²) in [6.45, 7) is 1.79. The van der Waals surface area contributed by atoms with E-state index >= 15 is 0 Å². The highest BCUT2D eigenvalue weighted by atomic mass is 35.5. The van der Waals surface area contributed by atoms with Gasteiger partial charge in [-0.1, -0.05) is 11.6 Å². The first-order valence-electron chi connectivity index (χ1n) is 5.40. The molecular formula is C12H9ClF3NO3. The molecule has 0 N–H and O–H groups in total. The second kappa shape index (κ2) is 6.48. The Kier molecular flexibility index (Phi) is 5.22. The number of carbonyl (C=O) groups is 1. The number of halogens is 4. The molecule has 1 aromatic carbocycles. The molecule has 0 aromatic heterocycles. The molecule has 0 heterocycles. The van der Waals surface area contributed by atoms with Gasteiger partial charge in [0, 0.05) is 0 Å². The van der Waals surface area contributed by atoms with Crippen LogP contribution in [0.3, 0.4) is 0 Å². The number of hydrogen-bond donors (Lipinski definition) is 0. The van der Waals surface area contributed by atoms with E-state index in [1.165, 1.54) is 0 Å². The van der Waals surface area contributed by atoms with Crippen molar-refractivity contribution in [1.29, 1.82) is 5.26 Å². The second-order valence-corrected chi connectivity index (χ2v) is 4.00. The van der Waals surface area contributed by atoms with Crippen LogP contribution in [0.15, 0.2) is 12.1 Å². The lowest BCUT2D eigenvalue weighted by Crippen LogP contribution is -2.18. The summed E-state index contributed by atoms with van der Waals surface area (Å²) in [5.74, 6) is -1.36. The Morgan fingerprint density at radius 2 is 2.10 bits per heavy atom. The van der Waals surface area contributed by atoms with Crippen molar-refractivity contribution in [2.75, 3.05) is 6.61 Å². The number of alkyl halides is 3. The third kappa shape index (κ3) is 4.63. The number of ether oxygens (including phenoxy) is 2. The smallest absolute Gasteiger partial charge is 0.466 e. The predicted octanol–water partition coefficient (Wildman–Crippen LogP) is 3.22. The fourth-order valence-electron chi connectivity index (χ4n) is 1.43. The monoisotopic (exact) mass is 307 g/mol. The number of nitriles is 1. The average molecular weight is 308 g/mol. The molecule has 1 aromatic rings. The molecule has 0 bridgehead atoms. The molecule has 0 unspecified atom stereocenters. The van der Waals surface area contributed by atoms with E-state index in [1.807, 2.05) is 0 Å². The van der Waals surface area contributed by atoms with Crippen molar-refractivity contribution in [3.05, 3.63) is 28.3 Å². The van der Waals surface area contributed by atoms with Gasteiger partial charge in [-0.25, -0.2) is 0 Å². The summed E-state index contributed by atoms with van der Waals surface area (Å²) in [6, 6.07) is 3.77. The maximum absolute atomic E-state index is 12.2. The highest BCUT2D eigenvalue weighted by molar-refractivity contribution is 6.32. The van der Waals surface area contributed by atoms with Crippen LogP contribution < -0.4 is 4.74 Å². The van der Waals surface area contributed by atoms with E-state index in [2.05, 4.69) is 4.74 Å². The van der Waals surface area contributed by atoms with Gasteiger partial charge in [0.25, 0.3) is 0 Å². The summed E-state index contributed by atoms with van der Waals surface area (Å²) in [6.07, 6.45) is -5.16. The van der Waals surface area contributed by atoms with E-state index in [9.17, 15) is 18.0 Å². The largest absolute Gasteiger partial charge is 0.573 e. The van der Waals surface area contributed by atoms with Crippen LogP contribution in [0, 0.1) is 11.3 Å². The van der Waals surface area contributed by atoms with Crippen molar-refractivity contribution in [2.45, 2.75) is 19.7 Å². The van der Waals surface area contributed by atoms with Gasteiger partial charge in [-0.3, -0.25) is 4.79 Å². The van der Waals surface area contributed by atoms with E-state index in [0.717, 1.165) is 12.1 Å². The molecule has 0 radical (unpaired) electrons. The van der Waals surface area contributed by atoms with Crippen molar-refractivity contribution in [3.8, 4) is 11.8 Å². The normalized spacial score (nSPS) is 10.8. The minimum Gasteiger partial charge on any atom is -0.466 e.